The molecule has 3 N–H and O–H groups in total. The van der Waals surface area contributed by atoms with Crippen molar-refractivity contribution in [2.24, 2.45) is 0 Å². The molecule has 3 heterocycles. The fourth-order valence-corrected chi connectivity index (χ4v) is 6.03. The summed E-state index contributed by atoms with van der Waals surface area (Å²) in [5, 5.41) is 8.58. The second kappa shape index (κ2) is 7.98. The minimum Gasteiger partial charge on any atom is -0.398 e. The maximum absolute atomic E-state index is 15.6. The summed E-state index contributed by atoms with van der Waals surface area (Å²) in [6, 6.07) is 5.46. The Kier molecular flexibility index (Phi) is 5.31. The van der Waals surface area contributed by atoms with Gasteiger partial charge in [-0.2, -0.15) is 5.10 Å². The number of amides is 1. The van der Waals surface area contributed by atoms with E-state index in [2.05, 4.69) is 28.0 Å². The third kappa shape index (κ3) is 3.35. The van der Waals surface area contributed by atoms with Crippen LogP contribution in [0.25, 0.3) is 11.1 Å². The fraction of sp³-hybridized carbons (Fsp3) is 0.400. The Labute approximate surface area is 203 Å². The first-order valence-electron chi connectivity index (χ1n) is 11.4. The van der Waals surface area contributed by atoms with Crippen LogP contribution in [0.5, 0.6) is 0 Å². The summed E-state index contributed by atoms with van der Waals surface area (Å²) in [4.78, 5) is 18.5. The van der Waals surface area contributed by atoms with Gasteiger partial charge in [-0.1, -0.05) is 11.6 Å². The van der Waals surface area contributed by atoms with Gasteiger partial charge in [0, 0.05) is 60.3 Å². The first-order chi connectivity index (χ1) is 16.1. The number of nitrogens with zero attached hydrogens (tertiary/aromatic N) is 4. The Morgan fingerprint density at radius 2 is 2.09 bits per heavy atom. The Bertz CT molecular complexity index is 1320. The van der Waals surface area contributed by atoms with Crippen LogP contribution >= 0.6 is 11.6 Å². The van der Waals surface area contributed by atoms with E-state index in [-0.39, 0.29) is 28.3 Å². The Balaban J connectivity index is 1.58. The van der Waals surface area contributed by atoms with Crippen molar-refractivity contribution in [3.05, 3.63) is 57.8 Å². The molecule has 2 aromatic heterocycles. The van der Waals surface area contributed by atoms with Crippen LogP contribution < -0.4 is 11.1 Å². The molecule has 1 saturated carbocycles. The van der Waals surface area contributed by atoms with Crippen LogP contribution in [0.3, 0.4) is 0 Å². The molecule has 0 saturated heterocycles. The minimum absolute atomic E-state index is 0.0897. The van der Waals surface area contributed by atoms with Crippen molar-refractivity contribution in [1.82, 2.24) is 19.7 Å². The lowest BCUT2D eigenvalue weighted by Gasteiger charge is -2.25. The monoisotopic (exact) mass is 482 g/mol. The Morgan fingerprint density at radius 3 is 2.76 bits per heavy atom. The largest absolute Gasteiger partial charge is 0.398 e. The lowest BCUT2D eigenvalue weighted by molar-refractivity contribution is 0.0824. The zero-order valence-electron chi connectivity index (χ0n) is 19.7. The average Bonchev–Trinajstić information content (AvgIpc) is 3.47. The van der Waals surface area contributed by atoms with Crippen molar-refractivity contribution < 1.29 is 9.18 Å². The smallest absolute Gasteiger partial charge is 0.258 e. The van der Waals surface area contributed by atoms with E-state index >= 15 is 4.39 Å². The van der Waals surface area contributed by atoms with Crippen molar-refractivity contribution in [2.75, 3.05) is 31.7 Å². The zero-order chi connectivity index (χ0) is 24.4. The van der Waals surface area contributed by atoms with E-state index in [1.54, 1.807) is 32.4 Å². The maximum Gasteiger partial charge on any atom is 0.258 e. The first kappa shape index (κ1) is 22.7. The average molecular weight is 483 g/mol. The summed E-state index contributed by atoms with van der Waals surface area (Å²) >= 11 is 7.00. The van der Waals surface area contributed by atoms with Crippen LogP contribution in [0.4, 0.5) is 15.9 Å². The van der Waals surface area contributed by atoms with Gasteiger partial charge in [-0.25, -0.2) is 9.37 Å². The number of rotatable bonds is 3. The molecule has 1 spiro atoms. The summed E-state index contributed by atoms with van der Waals surface area (Å²) in [5.74, 6) is -0.443. The van der Waals surface area contributed by atoms with Gasteiger partial charge in [0.05, 0.1) is 22.3 Å². The summed E-state index contributed by atoms with van der Waals surface area (Å²) < 4.78 is 17.7. The molecule has 34 heavy (non-hydrogen) atoms. The molecule has 1 amide bonds. The molecule has 2 aliphatic rings. The molecule has 5 rings (SSSR count). The second-order valence-electron chi connectivity index (χ2n) is 9.70. The molecule has 1 aliphatic carbocycles. The Hall–Kier alpha value is -3.13. The van der Waals surface area contributed by atoms with Gasteiger partial charge in [-0.15, -0.1) is 0 Å². The topological polar surface area (TPSA) is 89.1 Å². The van der Waals surface area contributed by atoms with Gasteiger partial charge in [0.2, 0.25) is 0 Å². The SMILES string of the molecule is Cc1cc(C)n([C@H]2CC[C@@]3(CNc4ncc(-c5ccc(N)c(C(=O)N(C)C)c5F)c(Cl)c43)C2)n1. The highest BCUT2D eigenvalue weighted by molar-refractivity contribution is 6.34. The van der Waals surface area contributed by atoms with Crippen molar-refractivity contribution in [3.63, 3.8) is 0 Å². The number of hydrogen-bond donors (Lipinski definition) is 2. The van der Waals surface area contributed by atoms with Gasteiger partial charge in [-0.05, 0) is 51.3 Å². The zero-order valence-corrected chi connectivity index (χ0v) is 20.5. The van der Waals surface area contributed by atoms with Gasteiger partial charge in [0.25, 0.3) is 5.91 Å². The van der Waals surface area contributed by atoms with E-state index in [1.165, 1.54) is 4.90 Å². The summed E-state index contributed by atoms with van der Waals surface area (Å²) in [7, 11) is 3.12. The van der Waals surface area contributed by atoms with E-state index in [0.717, 1.165) is 48.6 Å². The van der Waals surface area contributed by atoms with E-state index in [1.807, 2.05) is 6.92 Å². The van der Waals surface area contributed by atoms with Crippen molar-refractivity contribution in [2.45, 2.75) is 44.6 Å². The number of nitrogen functional groups attached to an aromatic ring is 1. The molecule has 2 atom stereocenters. The molecule has 1 aliphatic heterocycles. The Morgan fingerprint density at radius 1 is 1.32 bits per heavy atom. The molecule has 7 nitrogen and oxygen atoms in total. The summed E-state index contributed by atoms with van der Waals surface area (Å²) in [6.07, 6.45) is 4.34. The van der Waals surface area contributed by atoms with Crippen LogP contribution in [0.15, 0.2) is 24.4 Å². The van der Waals surface area contributed by atoms with Gasteiger partial charge in [-0.3, -0.25) is 9.48 Å². The first-order valence-corrected chi connectivity index (χ1v) is 11.8. The predicted molar refractivity (Wildman–Crippen MR) is 132 cm³/mol. The number of aryl methyl sites for hydroxylation is 2. The molecule has 1 aromatic carbocycles. The highest BCUT2D eigenvalue weighted by Crippen LogP contribution is 2.54. The van der Waals surface area contributed by atoms with Crippen LogP contribution in [0, 0.1) is 19.7 Å². The maximum atomic E-state index is 15.6. The molecular weight excluding hydrogens is 455 g/mol. The molecule has 3 aromatic rings. The third-order valence-corrected chi connectivity index (χ3v) is 7.59. The summed E-state index contributed by atoms with van der Waals surface area (Å²) in [6.45, 7) is 4.81. The molecule has 1 fully saturated rings. The van der Waals surface area contributed by atoms with Gasteiger partial charge >= 0.3 is 0 Å². The van der Waals surface area contributed by atoms with E-state index in [9.17, 15) is 4.79 Å². The number of carbonyl (C=O) groups is 1. The lowest BCUT2D eigenvalue weighted by Crippen LogP contribution is -2.26. The number of fused-ring (bicyclic) bond motifs is 2. The predicted octanol–water partition coefficient (Wildman–Crippen LogP) is 4.73. The molecule has 178 valence electrons. The molecule has 9 heteroatoms. The normalized spacial score (nSPS) is 21.1. The van der Waals surface area contributed by atoms with E-state index in [0.29, 0.717) is 10.6 Å². The molecule has 0 bridgehead atoms. The number of anilines is 2. The fourth-order valence-electron chi connectivity index (χ4n) is 5.59. The molecule has 0 unspecified atom stereocenters. The van der Waals surface area contributed by atoms with Crippen LogP contribution in [0.1, 0.15) is 52.6 Å². The number of pyridine rings is 1. The minimum atomic E-state index is -0.686. The van der Waals surface area contributed by atoms with Crippen LogP contribution in [-0.2, 0) is 5.41 Å². The second-order valence-corrected chi connectivity index (χ2v) is 10.1. The van der Waals surface area contributed by atoms with Gasteiger partial charge in [0.15, 0.2) is 0 Å². The number of carbonyl (C=O) groups excluding carboxylic acids is 1. The third-order valence-electron chi connectivity index (χ3n) is 7.20. The quantitative estimate of drug-likeness (QED) is 0.527. The number of benzene rings is 1. The molecule has 0 radical (unpaired) electrons. The lowest BCUT2D eigenvalue weighted by atomic mass is 9.80. The van der Waals surface area contributed by atoms with E-state index in [4.69, 9.17) is 22.4 Å². The van der Waals surface area contributed by atoms with Crippen LogP contribution in [-0.4, -0.2) is 46.2 Å². The molecular formula is C25H28ClFN6O. The van der Waals surface area contributed by atoms with Crippen molar-refractivity contribution in [1.29, 1.82) is 0 Å². The number of aromatic nitrogens is 3. The van der Waals surface area contributed by atoms with Crippen molar-refractivity contribution >= 4 is 29.0 Å². The number of nitrogens with two attached hydrogens (primary N) is 1. The van der Waals surface area contributed by atoms with Gasteiger partial charge < -0.3 is 16.0 Å². The highest BCUT2D eigenvalue weighted by atomic mass is 35.5. The van der Waals surface area contributed by atoms with E-state index < -0.39 is 11.7 Å². The number of halogens is 2. The number of nitrogens with one attached hydrogen (secondary N) is 1. The highest BCUT2D eigenvalue weighted by Gasteiger charge is 2.48. The standard InChI is InChI=1S/C25H28ClFN6O/c1-13-9-14(2)33(31-13)15-7-8-25(10-15)12-30-23-20(25)21(26)17(11-29-23)16-5-6-18(28)19(22(16)27)24(34)32(3)4/h5-6,9,11,15H,7-8,10,12,28H2,1-4H3,(H,29,30)/t15-,25-/m0/s1. The van der Waals surface area contributed by atoms with Gasteiger partial charge in [0.1, 0.15) is 11.6 Å². The summed E-state index contributed by atoms with van der Waals surface area (Å²) in [5.41, 5.74) is 9.44. The van der Waals surface area contributed by atoms with Crippen molar-refractivity contribution in [3.8, 4) is 11.1 Å². The number of hydrogen-bond acceptors (Lipinski definition) is 5. The van der Waals surface area contributed by atoms with Crippen LogP contribution in [0.2, 0.25) is 5.02 Å².